The highest BCUT2D eigenvalue weighted by atomic mass is 35.5. The van der Waals surface area contributed by atoms with Gasteiger partial charge in [-0.3, -0.25) is 0 Å². The maximum absolute atomic E-state index is 10.1. The summed E-state index contributed by atoms with van der Waals surface area (Å²) >= 11 is 5.94. The number of imidazole rings is 1. The van der Waals surface area contributed by atoms with Crippen LogP contribution in [-0.2, 0) is 6.54 Å². The lowest BCUT2D eigenvalue weighted by Gasteiger charge is -2.38. The average Bonchev–Trinajstić information content (AvgIpc) is 2.67. The van der Waals surface area contributed by atoms with Gasteiger partial charge in [0.25, 0.3) is 0 Å². The third-order valence-corrected chi connectivity index (χ3v) is 3.93. The SMILES string of the molecule is CC(C)(O)C(C)(C)NCc1cn2cc(Cl)ccc2n1. The zero-order chi connectivity index (χ0) is 14.3. The van der Waals surface area contributed by atoms with E-state index < -0.39 is 11.1 Å². The maximum Gasteiger partial charge on any atom is 0.137 e. The summed E-state index contributed by atoms with van der Waals surface area (Å²) in [5, 5.41) is 14.1. The van der Waals surface area contributed by atoms with Crippen LogP contribution in [0.4, 0.5) is 0 Å². The first kappa shape index (κ1) is 14.3. The van der Waals surface area contributed by atoms with Crippen LogP contribution in [0.1, 0.15) is 33.4 Å². The number of hydrogen-bond donors (Lipinski definition) is 2. The molecule has 0 unspecified atom stereocenters. The molecule has 0 saturated carbocycles. The molecule has 0 fully saturated rings. The molecule has 0 aliphatic heterocycles. The van der Waals surface area contributed by atoms with Gasteiger partial charge in [0.1, 0.15) is 5.65 Å². The molecule has 19 heavy (non-hydrogen) atoms. The monoisotopic (exact) mass is 281 g/mol. The van der Waals surface area contributed by atoms with Crippen LogP contribution in [-0.4, -0.2) is 25.6 Å². The smallest absolute Gasteiger partial charge is 0.137 e. The van der Waals surface area contributed by atoms with E-state index in [1.807, 2.05) is 42.8 Å². The van der Waals surface area contributed by atoms with E-state index in [0.29, 0.717) is 11.6 Å². The molecule has 0 radical (unpaired) electrons. The number of halogens is 1. The van der Waals surface area contributed by atoms with Crippen LogP contribution < -0.4 is 5.32 Å². The van der Waals surface area contributed by atoms with E-state index in [-0.39, 0.29) is 0 Å². The van der Waals surface area contributed by atoms with Crippen molar-refractivity contribution in [3.8, 4) is 0 Å². The van der Waals surface area contributed by atoms with Gasteiger partial charge in [-0.05, 0) is 39.8 Å². The Morgan fingerprint density at radius 2 is 1.95 bits per heavy atom. The van der Waals surface area contributed by atoms with Crippen molar-refractivity contribution in [2.24, 2.45) is 0 Å². The summed E-state index contributed by atoms with van der Waals surface area (Å²) in [6.07, 6.45) is 3.77. The second-order valence-electron chi connectivity index (χ2n) is 5.88. The van der Waals surface area contributed by atoms with Crippen molar-refractivity contribution in [2.45, 2.75) is 45.4 Å². The maximum atomic E-state index is 10.1. The molecule has 4 nitrogen and oxygen atoms in total. The summed E-state index contributed by atoms with van der Waals surface area (Å²) in [5.41, 5.74) is 0.567. The first-order chi connectivity index (χ1) is 8.69. The summed E-state index contributed by atoms with van der Waals surface area (Å²) in [6, 6.07) is 3.70. The van der Waals surface area contributed by atoms with Crippen LogP contribution in [0.25, 0.3) is 5.65 Å². The van der Waals surface area contributed by atoms with Crippen molar-refractivity contribution in [3.05, 3.63) is 35.2 Å². The molecule has 0 spiro atoms. The van der Waals surface area contributed by atoms with Gasteiger partial charge in [-0.15, -0.1) is 0 Å². The van der Waals surface area contributed by atoms with E-state index in [0.717, 1.165) is 11.3 Å². The van der Waals surface area contributed by atoms with Gasteiger partial charge in [0.15, 0.2) is 0 Å². The first-order valence-corrected chi connectivity index (χ1v) is 6.67. The highest BCUT2D eigenvalue weighted by molar-refractivity contribution is 6.30. The molecule has 104 valence electrons. The number of hydrogen-bond acceptors (Lipinski definition) is 3. The zero-order valence-electron chi connectivity index (χ0n) is 11.7. The highest BCUT2D eigenvalue weighted by Crippen LogP contribution is 2.21. The molecule has 5 heteroatoms. The van der Waals surface area contributed by atoms with Gasteiger partial charge < -0.3 is 14.8 Å². The van der Waals surface area contributed by atoms with E-state index >= 15 is 0 Å². The molecule has 2 aromatic heterocycles. The number of pyridine rings is 1. The Hall–Kier alpha value is -1.10. The minimum atomic E-state index is -0.810. The van der Waals surface area contributed by atoms with Crippen molar-refractivity contribution in [3.63, 3.8) is 0 Å². The fourth-order valence-electron chi connectivity index (χ4n) is 1.63. The van der Waals surface area contributed by atoms with Gasteiger partial charge >= 0.3 is 0 Å². The fourth-order valence-corrected chi connectivity index (χ4v) is 1.80. The number of rotatable bonds is 4. The minimum absolute atomic E-state index is 0.402. The topological polar surface area (TPSA) is 49.6 Å². The molecule has 0 saturated heterocycles. The van der Waals surface area contributed by atoms with Crippen molar-refractivity contribution >= 4 is 17.2 Å². The molecule has 0 aliphatic carbocycles. The molecule has 0 aromatic carbocycles. The summed E-state index contributed by atoms with van der Waals surface area (Å²) in [5.74, 6) is 0. The van der Waals surface area contributed by atoms with E-state index in [1.54, 1.807) is 13.8 Å². The third kappa shape index (κ3) is 3.08. The van der Waals surface area contributed by atoms with Crippen LogP contribution in [0.5, 0.6) is 0 Å². The average molecular weight is 282 g/mol. The molecule has 0 bridgehead atoms. The van der Waals surface area contributed by atoms with Gasteiger partial charge in [-0.25, -0.2) is 4.98 Å². The molecular weight excluding hydrogens is 262 g/mol. The second-order valence-corrected chi connectivity index (χ2v) is 6.32. The van der Waals surface area contributed by atoms with E-state index in [9.17, 15) is 5.11 Å². The second kappa shape index (κ2) is 4.78. The Morgan fingerprint density at radius 3 is 2.58 bits per heavy atom. The predicted molar refractivity (Wildman–Crippen MR) is 77.4 cm³/mol. The molecular formula is C14H20ClN3O. The molecule has 0 aliphatic rings. The summed E-state index contributed by atoms with van der Waals surface area (Å²) in [4.78, 5) is 4.50. The Bertz CT molecular complexity index is 584. The Balaban J connectivity index is 2.14. The van der Waals surface area contributed by atoms with E-state index in [4.69, 9.17) is 11.6 Å². The summed E-state index contributed by atoms with van der Waals surface area (Å²) in [6.45, 7) is 8.13. The van der Waals surface area contributed by atoms with Gasteiger partial charge in [-0.2, -0.15) is 0 Å². The molecule has 0 atom stereocenters. The standard InChI is InChI=1S/C14H20ClN3O/c1-13(2,14(3,4)19)16-7-11-9-18-8-10(15)5-6-12(18)17-11/h5-6,8-9,16,19H,7H2,1-4H3. The van der Waals surface area contributed by atoms with Gasteiger partial charge in [-0.1, -0.05) is 11.6 Å². The summed E-state index contributed by atoms with van der Waals surface area (Å²) in [7, 11) is 0. The largest absolute Gasteiger partial charge is 0.389 e. The lowest BCUT2D eigenvalue weighted by molar-refractivity contribution is -0.00543. The third-order valence-electron chi connectivity index (χ3n) is 3.71. The molecule has 2 N–H and O–H groups in total. The van der Waals surface area contributed by atoms with Crippen molar-refractivity contribution < 1.29 is 5.11 Å². The Morgan fingerprint density at radius 1 is 1.26 bits per heavy atom. The van der Waals surface area contributed by atoms with Gasteiger partial charge in [0.2, 0.25) is 0 Å². The first-order valence-electron chi connectivity index (χ1n) is 6.29. The number of nitrogens with zero attached hydrogens (tertiary/aromatic N) is 2. The molecule has 2 heterocycles. The molecule has 0 amide bonds. The number of fused-ring (bicyclic) bond motifs is 1. The fraction of sp³-hybridized carbons (Fsp3) is 0.500. The molecule has 2 aromatic rings. The predicted octanol–water partition coefficient (Wildman–Crippen LogP) is 2.63. The number of aliphatic hydroxyl groups is 1. The van der Waals surface area contributed by atoms with Crippen molar-refractivity contribution in [1.29, 1.82) is 0 Å². The Labute approximate surface area is 118 Å². The van der Waals surface area contributed by atoms with Crippen LogP contribution in [0.2, 0.25) is 5.02 Å². The molecule has 2 rings (SSSR count). The normalized spacial score (nSPS) is 13.2. The Kier molecular flexibility index (Phi) is 3.60. The van der Waals surface area contributed by atoms with Crippen LogP contribution in [0.3, 0.4) is 0 Å². The zero-order valence-corrected chi connectivity index (χ0v) is 12.5. The quantitative estimate of drug-likeness (QED) is 0.906. The summed E-state index contributed by atoms with van der Waals surface area (Å²) < 4.78 is 1.90. The lowest BCUT2D eigenvalue weighted by atomic mass is 9.86. The van der Waals surface area contributed by atoms with Crippen molar-refractivity contribution in [2.75, 3.05) is 0 Å². The lowest BCUT2D eigenvalue weighted by Crippen LogP contribution is -2.55. The van der Waals surface area contributed by atoms with Gasteiger partial charge in [0.05, 0.1) is 16.3 Å². The van der Waals surface area contributed by atoms with Crippen LogP contribution in [0, 0.1) is 0 Å². The van der Waals surface area contributed by atoms with Gasteiger partial charge in [0, 0.05) is 24.5 Å². The van der Waals surface area contributed by atoms with E-state index in [1.165, 1.54) is 0 Å². The van der Waals surface area contributed by atoms with E-state index in [2.05, 4.69) is 10.3 Å². The minimum Gasteiger partial charge on any atom is -0.389 e. The van der Waals surface area contributed by atoms with Crippen molar-refractivity contribution in [1.82, 2.24) is 14.7 Å². The number of aromatic nitrogens is 2. The van der Waals surface area contributed by atoms with Crippen LogP contribution >= 0.6 is 11.6 Å². The van der Waals surface area contributed by atoms with Crippen LogP contribution in [0.15, 0.2) is 24.5 Å². The number of nitrogens with one attached hydrogen (secondary N) is 1. The highest BCUT2D eigenvalue weighted by Gasteiger charge is 2.34.